The highest BCUT2D eigenvalue weighted by molar-refractivity contribution is 6.34. The number of ketones is 6. The SMILES string of the molecule is CC.CC.CC(=O)CC(C)CCC(=O)c1ccccc1C(=O)c1c(C(C)=O)c(C)cc2c1C(=O)c1ccccc1C2=O. The molecule has 0 radical (unpaired) electrons. The summed E-state index contributed by atoms with van der Waals surface area (Å²) in [6.45, 7) is 14.3. The average molecular weight is 569 g/mol. The molecule has 1 unspecified atom stereocenters. The van der Waals surface area contributed by atoms with Gasteiger partial charge in [0.1, 0.15) is 5.78 Å². The van der Waals surface area contributed by atoms with Crippen LogP contribution in [0.3, 0.4) is 0 Å². The molecule has 4 rings (SSSR count). The molecule has 3 aromatic carbocycles. The third-order valence-electron chi connectivity index (χ3n) is 6.96. The first-order valence-corrected chi connectivity index (χ1v) is 14.6. The lowest BCUT2D eigenvalue weighted by molar-refractivity contribution is -0.117. The molecule has 1 atom stereocenters. The van der Waals surface area contributed by atoms with Gasteiger partial charge in [-0.3, -0.25) is 24.0 Å². The second-order valence-corrected chi connectivity index (χ2v) is 9.97. The highest BCUT2D eigenvalue weighted by Crippen LogP contribution is 2.35. The lowest BCUT2D eigenvalue weighted by Crippen LogP contribution is -2.27. The molecule has 1 aliphatic rings. The lowest BCUT2D eigenvalue weighted by atomic mass is 9.76. The summed E-state index contributed by atoms with van der Waals surface area (Å²) < 4.78 is 0. The average Bonchev–Trinajstić information content (AvgIpc) is 2.99. The molecule has 0 aliphatic heterocycles. The minimum absolute atomic E-state index is 0.0103. The van der Waals surface area contributed by atoms with Crippen molar-refractivity contribution in [3.05, 3.63) is 105 Å². The predicted octanol–water partition coefficient (Wildman–Crippen LogP) is 7.83. The van der Waals surface area contributed by atoms with Gasteiger partial charge in [-0.2, -0.15) is 0 Å². The number of rotatable bonds is 9. The van der Waals surface area contributed by atoms with Crippen LogP contribution >= 0.6 is 0 Å². The minimum Gasteiger partial charge on any atom is -0.300 e. The Morgan fingerprint density at radius 3 is 1.79 bits per heavy atom. The quantitative estimate of drug-likeness (QED) is 0.191. The van der Waals surface area contributed by atoms with Gasteiger partial charge in [0, 0.05) is 57.3 Å². The molecular formula is C36H40O6. The van der Waals surface area contributed by atoms with Gasteiger partial charge in [-0.1, -0.05) is 83.1 Å². The second-order valence-electron chi connectivity index (χ2n) is 9.97. The predicted molar refractivity (Wildman–Crippen MR) is 165 cm³/mol. The Morgan fingerprint density at radius 1 is 0.714 bits per heavy atom. The van der Waals surface area contributed by atoms with E-state index in [4.69, 9.17) is 0 Å². The maximum absolute atomic E-state index is 14.2. The van der Waals surface area contributed by atoms with Crippen molar-refractivity contribution in [2.75, 3.05) is 0 Å². The summed E-state index contributed by atoms with van der Waals surface area (Å²) in [7, 11) is 0. The molecule has 0 amide bonds. The van der Waals surface area contributed by atoms with E-state index >= 15 is 0 Å². The van der Waals surface area contributed by atoms with E-state index in [1.165, 1.54) is 32.0 Å². The largest absolute Gasteiger partial charge is 0.300 e. The van der Waals surface area contributed by atoms with Gasteiger partial charge >= 0.3 is 0 Å². The standard InChI is InChI=1S/C32H28O6.2C2H6/c1-17(15-19(3)33)13-14-26(35)21-9-5-6-10-22(21)32(38)29-27(20(4)34)18(2)16-25-28(29)31(37)24-12-8-7-11-23(24)30(25)36;2*1-2/h5-12,16-17H,13-15H2,1-4H3;2*1-2H3. The second kappa shape index (κ2) is 15.1. The molecule has 0 bridgehead atoms. The Hall–Kier alpha value is -4.32. The van der Waals surface area contributed by atoms with Gasteiger partial charge in [0.25, 0.3) is 0 Å². The van der Waals surface area contributed by atoms with Crippen LogP contribution in [0.15, 0.2) is 54.6 Å². The van der Waals surface area contributed by atoms with E-state index in [0.29, 0.717) is 18.4 Å². The monoisotopic (exact) mass is 568 g/mol. The molecule has 0 saturated heterocycles. The van der Waals surface area contributed by atoms with E-state index < -0.39 is 23.1 Å². The van der Waals surface area contributed by atoms with Crippen LogP contribution < -0.4 is 0 Å². The molecule has 6 heteroatoms. The van der Waals surface area contributed by atoms with Crippen LogP contribution in [0.2, 0.25) is 0 Å². The first-order chi connectivity index (χ1) is 20.0. The highest BCUT2D eigenvalue weighted by atomic mass is 16.2. The Balaban J connectivity index is 0.00000148. The third kappa shape index (κ3) is 6.93. The molecule has 1 aliphatic carbocycles. The molecule has 3 aromatic rings. The van der Waals surface area contributed by atoms with Crippen LogP contribution in [0.1, 0.15) is 142 Å². The van der Waals surface area contributed by atoms with Crippen molar-refractivity contribution in [1.82, 2.24) is 0 Å². The molecule has 0 aromatic heterocycles. The zero-order chi connectivity index (χ0) is 31.7. The Kier molecular flexibility index (Phi) is 12.2. The normalized spacial score (nSPS) is 12.0. The number of aryl methyl sites for hydroxylation is 1. The fourth-order valence-electron chi connectivity index (χ4n) is 5.24. The maximum Gasteiger partial charge on any atom is 0.195 e. The fourth-order valence-corrected chi connectivity index (χ4v) is 5.24. The number of fused-ring (bicyclic) bond motifs is 2. The number of hydrogen-bond donors (Lipinski definition) is 0. The summed E-state index contributed by atoms with van der Waals surface area (Å²) in [6, 6.07) is 14.2. The van der Waals surface area contributed by atoms with Crippen molar-refractivity contribution in [3.63, 3.8) is 0 Å². The number of carbonyl (C=O) groups is 6. The van der Waals surface area contributed by atoms with E-state index in [9.17, 15) is 28.8 Å². The molecular weight excluding hydrogens is 528 g/mol. The van der Waals surface area contributed by atoms with Crippen LogP contribution in [0.4, 0.5) is 0 Å². The van der Waals surface area contributed by atoms with E-state index in [1.807, 2.05) is 34.6 Å². The van der Waals surface area contributed by atoms with Gasteiger partial charge in [-0.25, -0.2) is 0 Å². The van der Waals surface area contributed by atoms with Crippen LogP contribution in [0.5, 0.6) is 0 Å². The van der Waals surface area contributed by atoms with E-state index in [-0.39, 0.29) is 68.4 Å². The van der Waals surface area contributed by atoms with Crippen LogP contribution in [0.25, 0.3) is 0 Å². The van der Waals surface area contributed by atoms with Crippen molar-refractivity contribution in [1.29, 1.82) is 0 Å². The summed E-state index contributed by atoms with van der Waals surface area (Å²) in [5, 5.41) is 0. The third-order valence-corrected chi connectivity index (χ3v) is 6.96. The zero-order valence-corrected chi connectivity index (χ0v) is 25.8. The molecule has 0 spiro atoms. The number of hydrogen-bond acceptors (Lipinski definition) is 6. The topological polar surface area (TPSA) is 102 Å². The van der Waals surface area contributed by atoms with E-state index in [2.05, 4.69) is 0 Å². The Labute approximate surface area is 248 Å². The van der Waals surface area contributed by atoms with Crippen LogP contribution in [-0.4, -0.2) is 34.7 Å². The van der Waals surface area contributed by atoms with Gasteiger partial charge in [0.15, 0.2) is 28.9 Å². The molecule has 0 fully saturated rings. The van der Waals surface area contributed by atoms with Gasteiger partial charge in [-0.05, 0) is 44.7 Å². The Bertz CT molecular complexity index is 1540. The highest BCUT2D eigenvalue weighted by Gasteiger charge is 2.37. The minimum atomic E-state index is -0.656. The summed E-state index contributed by atoms with van der Waals surface area (Å²) in [5.74, 6) is -2.21. The van der Waals surface area contributed by atoms with Gasteiger partial charge in [0.05, 0.1) is 0 Å². The number of carbonyl (C=O) groups excluding carboxylic acids is 6. The number of benzene rings is 3. The molecule has 42 heavy (non-hydrogen) atoms. The van der Waals surface area contributed by atoms with Crippen molar-refractivity contribution in [2.45, 2.75) is 74.7 Å². The van der Waals surface area contributed by atoms with Gasteiger partial charge in [-0.15, -0.1) is 0 Å². The van der Waals surface area contributed by atoms with Gasteiger partial charge in [0.2, 0.25) is 0 Å². The number of Topliss-reactive ketones (excluding diaryl/α,β-unsaturated/α-hetero) is 3. The summed E-state index contributed by atoms with van der Waals surface area (Å²) in [5.41, 5.74) is 0.931. The molecule has 0 N–H and O–H groups in total. The van der Waals surface area contributed by atoms with E-state index in [1.54, 1.807) is 43.3 Å². The van der Waals surface area contributed by atoms with Crippen molar-refractivity contribution >= 4 is 34.7 Å². The Morgan fingerprint density at radius 2 is 1.24 bits per heavy atom. The smallest absolute Gasteiger partial charge is 0.195 e. The first-order valence-electron chi connectivity index (χ1n) is 14.6. The van der Waals surface area contributed by atoms with E-state index in [0.717, 1.165) is 0 Å². The lowest BCUT2D eigenvalue weighted by Gasteiger charge is -2.23. The van der Waals surface area contributed by atoms with Crippen molar-refractivity contribution in [2.24, 2.45) is 5.92 Å². The van der Waals surface area contributed by atoms with Crippen molar-refractivity contribution in [3.8, 4) is 0 Å². The summed E-state index contributed by atoms with van der Waals surface area (Å²) in [6.07, 6.45) is 0.973. The summed E-state index contributed by atoms with van der Waals surface area (Å²) >= 11 is 0. The molecule has 220 valence electrons. The molecule has 0 heterocycles. The van der Waals surface area contributed by atoms with Crippen LogP contribution in [-0.2, 0) is 4.79 Å². The van der Waals surface area contributed by atoms with Gasteiger partial charge < -0.3 is 4.79 Å². The molecule has 0 saturated carbocycles. The maximum atomic E-state index is 14.2. The van der Waals surface area contributed by atoms with Crippen molar-refractivity contribution < 1.29 is 28.8 Å². The zero-order valence-electron chi connectivity index (χ0n) is 25.8. The summed E-state index contributed by atoms with van der Waals surface area (Å²) in [4.78, 5) is 78.6. The molecule has 6 nitrogen and oxygen atoms in total. The fraction of sp³-hybridized carbons (Fsp3) is 0.333. The first kappa shape index (κ1) is 33.9. The van der Waals surface area contributed by atoms with Crippen LogP contribution in [0, 0.1) is 12.8 Å².